The van der Waals surface area contributed by atoms with E-state index in [0.29, 0.717) is 0 Å². The second kappa shape index (κ2) is 13.2. The number of fused-ring (bicyclic) bond motifs is 15. The second-order valence-electron chi connectivity index (χ2n) is 24.3. The number of hydrogen-bond acceptors (Lipinski definition) is 3. The van der Waals surface area contributed by atoms with Gasteiger partial charge in [0.15, 0.2) is 0 Å². The molecule has 0 unspecified atom stereocenters. The predicted octanol–water partition coefficient (Wildman–Crippen LogP) is 15.5. The van der Waals surface area contributed by atoms with Crippen molar-refractivity contribution in [2.45, 2.75) is 123 Å². The molecule has 0 atom stereocenters. The van der Waals surface area contributed by atoms with E-state index in [1.165, 1.54) is 123 Å². The maximum atomic E-state index is 5.47. The zero-order valence-electron chi connectivity index (χ0n) is 41.3. The average Bonchev–Trinajstić information content (AvgIpc) is 3.94. The lowest BCUT2D eigenvalue weighted by atomic mass is 9.43. The van der Waals surface area contributed by atoms with Crippen molar-refractivity contribution in [1.82, 2.24) is 9.55 Å². The monoisotopic (exact) mass is 889 g/mol. The van der Waals surface area contributed by atoms with Crippen LogP contribution in [0.4, 0.5) is 11.4 Å². The van der Waals surface area contributed by atoms with Crippen LogP contribution in [0.1, 0.15) is 129 Å². The third-order valence-electron chi connectivity index (χ3n) is 16.7. The van der Waals surface area contributed by atoms with Gasteiger partial charge in [-0.2, -0.15) is 0 Å². The predicted molar refractivity (Wildman–Crippen MR) is 289 cm³/mol. The molecule has 2 aromatic heterocycles. The molecule has 5 heteroatoms. The molecule has 13 rings (SSSR count). The van der Waals surface area contributed by atoms with Crippen molar-refractivity contribution in [3.05, 3.63) is 155 Å². The van der Waals surface area contributed by atoms with E-state index in [9.17, 15) is 0 Å². The first kappa shape index (κ1) is 41.3. The fourth-order valence-electron chi connectivity index (χ4n) is 12.9. The van der Waals surface area contributed by atoms with Crippen molar-refractivity contribution >= 4 is 72.5 Å². The summed E-state index contributed by atoms with van der Waals surface area (Å²) in [6.07, 6.45) is 2.34. The Morgan fingerprint density at radius 2 is 1.27 bits per heavy atom. The van der Waals surface area contributed by atoms with Gasteiger partial charge >= 0.3 is 6.85 Å². The van der Waals surface area contributed by atoms with Gasteiger partial charge < -0.3 is 9.38 Å². The van der Waals surface area contributed by atoms with Crippen LogP contribution in [0.5, 0.6) is 0 Å². The van der Waals surface area contributed by atoms with Gasteiger partial charge in [0.05, 0.1) is 21.3 Å². The molecule has 0 fully saturated rings. The highest BCUT2D eigenvalue weighted by molar-refractivity contribution is 7.21. The smallest absolute Gasteiger partial charge is 0.333 e. The van der Waals surface area contributed by atoms with Crippen LogP contribution >= 0.6 is 11.3 Å². The Labute approximate surface area is 401 Å². The number of thiazole rings is 1. The molecule has 2 aliphatic heterocycles. The van der Waals surface area contributed by atoms with E-state index < -0.39 is 0 Å². The summed E-state index contributed by atoms with van der Waals surface area (Å²) in [6, 6.07) is 47.4. The van der Waals surface area contributed by atoms with Crippen LogP contribution < -0.4 is 15.7 Å². The molecule has 2 aliphatic carbocycles. The summed E-state index contributed by atoms with van der Waals surface area (Å²) >= 11 is 1.82. The Hall–Kier alpha value is -5.91. The van der Waals surface area contributed by atoms with E-state index in [4.69, 9.17) is 4.98 Å². The van der Waals surface area contributed by atoms with Gasteiger partial charge in [0, 0.05) is 44.4 Å². The fourth-order valence-corrected chi connectivity index (χ4v) is 13.9. The number of benzene rings is 7. The Morgan fingerprint density at radius 1 is 0.612 bits per heavy atom. The topological polar surface area (TPSA) is 21.1 Å². The number of anilines is 2. The van der Waals surface area contributed by atoms with E-state index in [1.54, 1.807) is 0 Å². The van der Waals surface area contributed by atoms with Crippen LogP contribution in [0.25, 0.3) is 70.5 Å². The molecule has 3 nitrogen and oxygen atoms in total. The minimum absolute atomic E-state index is 0.0349. The number of rotatable bonds is 2. The van der Waals surface area contributed by atoms with E-state index in [0.717, 1.165) is 16.1 Å². The molecular formula is C62H60BN3S. The van der Waals surface area contributed by atoms with Gasteiger partial charge in [-0.25, -0.2) is 4.98 Å². The summed E-state index contributed by atoms with van der Waals surface area (Å²) in [5.41, 5.74) is 25.4. The molecule has 0 saturated heterocycles. The third kappa shape index (κ3) is 5.55. The van der Waals surface area contributed by atoms with Gasteiger partial charge in [-0.15, -0.1) is 11.3 Å². The second-order valence-corrected chi connectivity index (χ2v) is 25.3. The molecule has 67 heavy (non-hydrogen) atoms. The average molecular weight is 890 g/mol. The van der Waals surface area contributed by atoms with Crippen molar-refractivity contribution in [1.29, 1.82) is 0 Å². The van der Waals surface area contributed by atoms with Gasteiger partial charge in [-0.05, 0) is 144 Å². The zero-order valence-corrected chi connectivity index (χ0v) is 42.1. The molecule has 332 valence electrons. The van der Waals surface area contributed by atoms with E-state index in [1.807, 2.05) is 11.3 Å². The molecule has 0 saturated carbocycles. The number of hydrogen-bond donors (Lipinski definition) is 0. The number of aromatic nitrogens is 2. The molecular weight excluding hydrogens is 830 g/mol. The summed E-state index contributed by atoms with van der Waals surface area (Å²) in [5.74, 6) is 0. The van der Waals surface area contributed by atoms with Gasteiger partial charge in [-0.3, -0.25) is 0 Å². The quantitative estimate of drug-likeness (QED) is 0.161. The highest BCUT2D eigenvalue weighted by atomic mass is 32.1. The lowest BCUT2D eigenvalue weighted by Gasteiger charge is -2.44. The zero-order chi connectivity index (χ0) is 46.5. The molecule has 4 heterocycles. The van der Waals surface area contributed by atoms with Crippen LogP contribution in [0.15, 0.2) is 121 Å². The molecule has 4 aliphatic rings. The van der Waals surface area contributed by atoms with Crippen molar-refractivity contribution in [2.75, 3.05) is 4.81 Å². The van der Waals surface area contributed by atoms with Crippen molar-refractivity contribution < 1.29 is 0 Å². The first-order chi connectivity index (χ1) is 31.7. The standard InChI is InChI=1S/C62H60BN3S/c1-58(2,3)36-22-25-38(26-23-36)66-47-27-24-37(59(4,5)6)30-40(47)53-54-51(39-20-16-17-21-42(39)62(54,11)12)52-41-31-43-44(61(9,10)29-28-60(43,7)8)32-48(41)65-49-34-50-46(33-45(49)63(66)55(53)56(52)65)64-57(67-50)35-18-14-13-15-19-35/h13-27,30-34H,28-29H2,1-12H3. The summed E-state index contributed by atoms with van der Waals surface area (Å²) < 4.78 is 3.96. The maximum Gasteiger partial charge on any atom is 0.333 e. The molecule has 9 aromatic rings. The molecule has 0 bridgehead atoms. The summed E-state index contributed by atoms with van der Waals surface area (Å²) in [7, 11) is 0. The van der Waals surface area contributed by atoms with Crippen LogP contribution in [-0.2, 0) is 27.1 Å². The summed E-state index contributed by atoms with van der Waals surface area (Å²) in [6.45, 7) is 28.9. The third-order valence-corrected chi connectivity index (χ3v) is 17.8. The lowest BCUT2D eigenvalue weighted by molar-refractivity contribution is 0.332. The highest BCUT2D eigenvalue weighted by Crippen LogP contribution is 2.60. The fraction of sp³-hybridized carbons (Fsp3) is 0.306. The van der Waals surface area contributed by atoms with Gasteiger partial charge in [0.1, 0.15) is 5.01 Å². The van der Waals surface area contributed by atoms with Gasteiger partial charge in [0.2, 0.25) is 0 Å². The minimum Gasteiger partial charge on any atom is -0.376 e. The first-order valence-corrected chi connectivity index (χ1v) is 25.4. The highest BCUT2D eigenvalue weighted by Gasteiger charge is 2.51. The number of nitrogens with zero attached hydrogens (tertiary/aromatic N) is 3. The first-order valence-electron chi connectivity index (χ1n) is 24.6. The molecule has 7 aromatic carbocycles. The maximum absolute atomic E-state index is 5.47. The van der Waals surface area contributed by atoms with Crippen LogP contribution in [0.3, 0.4) is 0 Å². The molecule has 0 spiro atoms. The van der Waals surface area contributed by atoms with E-state index in [2.05, 4.69) is 214 Å². The summed E-state index contributed by atoms with van der Waals surface area (Å²) in [4.78, 5) is 8.18. The lowest BCUT2D eigenvalue weighted by Crippen LogP contribution is -2.61. The van der Waals surface area contributed by atoms with E-state index >= 15 is 0 Å². The van der Waals surface area contributed by atoms with E-state index in [-0.39, 0.29) is 33.9 Å². The van der Waals surface area contributed by atoms with Crippen LogP contribution in [0.2, 0.25) is 0 Å². The van der Waals surface area contributed by atoms with Crippen molar-refractivity contribution in [2.24, 2.45) is 0 Å². The van der Waals surface area contributed by atoms with Crippen molar-refractivity contribution in [3.8, 4) is 38.5 Å². The Morgan fingerprint density at radius 3 is 1.97 bits per heavy atom. The minimum atomic E-state index is -0.254. The largest absolute Gasteiger partial charge is 0.376 e. The Kier molecular flexibility index (Phi) is 8.14. The Balaban J connectivity index is 1.27. The SMILES string of the molecule is CC(C)(C)c1ccc(N2B3c4cc5nc(-c6ccccc6)sc5cc4-n4c5cc6c(cc5c5c7c(c(c3c54)-c3cc(C(C)(C)C)ccc32)C(C)(C)c2ccccc2-7)C(C)(C)CCC6(C)C)cc1. The molecule has 0 radical (unpaired) electrons. The Bertz CT molecular complexity index is 3620. The van der Waals surface area contributed by atoms with Crippen LogP contribution in [-0.4, -0.2) is 16.4 Å². The molecule has 0 amide bonds. The van der Waals surface area contributed by atoms with Crippen LogP contribution in [0, 0.1) is 0 Å². The molecule has 0 N–H and O–H groups in total. The normalized spacial score (nSPS) is 17.1. The van der Waals surface area contributed by atoms with Gasteiger partial charge in [-0.1, -0.05) is 156 Å². The van der Waals surface area contributed by atoms with Gasteiger partial charge in [0.25, 0.3) is 0 Å². The van der Waals surface area contributed by atoms with Crippen molar-refractivity contribution in [3.63, 3.8) is 0 Å². The summed E-state index contributed by atoms with van der Waals surface area (Å²) in [5, 5.41) is 3.85.